The fourth-order valence-corrected chi connectivity index (χ4v) is 1.34. The lowest BCUT2D eigenvalue weighted by atomic mass is 10.1. The van der Waals surface area contributed by atoms with Gasteiger partial charge in [0.25, 0.3) is 0 Å². The number of dihydropyridines is 1. The van der Waals surface area contributed by atoms with Crippen LogP contribution in [0.4, 0.5) is 4.39 Å². The van der Waals surface area contributed by atoms with Crippen LogP contribution in [0.15, 0.2) is 24.1 Å². The van der Waals surface area contributed by atoms with Crippen molar-refractivity contribution in [3.8, 4) is 0 Å². The summed E-state index contributed by atoms with van der Waals surface area (Å²) in [6.07, 6.45) is 6.20. The Balaban J connectivity index is 2.06. The molecule has 2 rings (SSSR count). The zero-order chi connectivity index (χ0) is 11.6. The van der Waals surface area contributed by atoms with Gasteiger partial charge in [0.2, 0.25) is 0 Å². The normalized spacial score (nSPS) is 28.0. The van der Waals surface area contributed by atoms with Gasteiger partial charge in [-0.05, 0) is 25.8 Å². The zero-order valence-electron chi connectivity index (χ0n) is 9.03. The Morgan fingerprint density at radius 1 is 1.69 bits per heavy atom. The molecular weight excluding hydrogens is 213 g/mol. The summed E-state index contributed by atoms with van der Waals surface area (Å²) in [6.45, 7) is 1.77. The van der Waals surface area contributed by atoms with Gasteiger partial charge in [-0.3, -0.25) is 0 Å². The Hall–Kier alpha value is -1.52. The summed E-state index contributed by atoms with van der Waals surface area (Å²) in [7, 11) is 0. The van der Waals surface area contributed by atoms with Crippen molar-refractivity contribution in [2.24, 2.45) is 0 Å². The van der Waals surface area contributed by atoms with Crippen molar-refractivity contribution in [3.05, 3.63) is 24.1 Å². The highest BCUT2D eigenvalue weighted by Crippen LogP contribution is 2.29. The van der Waals surface area contributed by atoms with Crippen molar-refractivity contribution >= 4 is 5.97 Å². The average Bonchev–Trinajstić information content (AvgIpc) is 3.02. The van der Waals surface area contributed by atoms with Crippen molar-refractivity contribution in [2.75, 3.05) is 6.61 Å². The number of rotatable bonds is 4. The third kappa shape index (κ3) is 2.35. The maximum absolute atomic E-state index is 14.1. The third-order valence-corrected chi connectivity index (χ3v) is 2.28. The molecule has 1 fully saturated rings. The van der Waals surface area contributed by atoms with Gasteiger partial charge < -0.3 is 14.8 Å². The largest absolute Gasteiger partial charge is 0.491 e. The maximum Gasteiger partial charge on any atom is 0.369 e. The van der Waals surface area contributed by atoms with E-state index in [-0.39, 0.29) is 12.7 Å². The van der Waals surface area contributed by atoms with E-state index in [1.54, 1.807) is 13.0 Å². The lowest BCUT2D eigenvalue weighted by Gasteiger charge is -2.23. The smallest absolute Gasteiger partial charge is 0.369 e. The molecule has 4 nitrogen and oxygen atoms in total. The number of nitrogens with one attached hydrogen (secondary N) is 1. The van der Waals surface area contributed by atoms with Gasteiger partial charge in [0.05, 0.1) is 12.7 Å². The van der Waals surface area contributed by atoms with E-state index < -0.39 is 11.8 Å². The standard InChI is InChI=1S/C11H14FNO3/c1-2-15-10(14)11(12)7-9(5-6-13-11)16-8-3-4-8/h5-8,13H,2-4H2,1H3. The molecule has 2 aliphatic rings. The predicted octanol–water partition coefficient (Wildman–Crippen LogP) is 1.40. The van der Waals surface area contributed by atoms with Gasteiger partial charge >= 0.3 is 11.8 Å². The highest BCUT2D eigenvalue weighted by atomic mass is 19.1. The Kier molecular flexibility index (Phi) is 2.85. The molecule has 0 aromatic rings. The second-order valence-corrected chi connectivity index (χ2v) is 3.77. The summed E-state index contributed by atoms with van der Waals surface area (Å²) >= 11 is 0. The minimum Gasteiger partial charge on any atom is -0.491 e. The van der Waals surface area contributed by atoms with Crippen LogP contribution in [0.3, 0.4) is 0 Å². The van der Waals surface area contributed by atoms with Gasteiger partial charge in [0.1, 0.15) is 5.76 Å². The van der Waals surface area contributed by atoms with Crippen LogP contribution in [0, 0.1) is 0 Å². The minimum absolute atomic E-state index is 0.141. The molecular formula is C11H14FNO3. The molecule has 0 amide bonds. The fraction of sp³-hybridized carbons (Fsp3) is 0.545. The first kappa shape index (κ1) is 11.0. The summed E-state index contributed by atoms with van der Waals surface area (Å²) in [5.74, 6) is -2.89. The molecule has 0 spiro atoms. The second kappa shape index (κ2) is 4.15. The summed E-state index contributed by atoms with van der Waals surface area (Å²) in [5, 5.41) is 2.33. The molecule has 0 aromatic heterocycles. The summed E-state index contributed by atoms with van der Waals surface area (Å²) in [5.41, 5.74) is 0. The zero-order valence-corrected chi connectivity index (χ0v) is 9.03. The molecule has 5 heteroatoms. The van der Waals surface area contributed by atoms with Crippen molar-refractivity contribution in [2.45, 2.75) is 31.7 Å². The van der Waals surface area contributed by atoms with Crippen LogP contribution in [0.2, 0.25) is 0 Å². The Morgan fingerprint density at radius 3 is 3.06 bits per heavy atom. The van der Waals surface area contributed by atoms with Crippen LogP contribution in [0.5, 0.6) is 0 Å². The molecule has 1 unspecified atom stereocenters. The lowest BCUT2D eigenvalue weighted by molar-refractivity contribution is -0.155. The van der Waals surface area contributed by atoms with E-state index in [9.17, 15) is 9.18 Å². The predicted molar refractivity (Wildman–Crippen MR) is 54.9 cm³/mol. The molecule has 1 atom stereocenters. The first-order chi connectivity index (χ1) is 7.64. The van der Waals surface area contributed by atoms with Crippen LogP contribution in [0.1, 0.15) is 19.8 Å². The summed E-state index contributed by atoms with van der Waals surface area (Å²) < 4.78 is 24.1. The van der Waals surface area contributed by atoms with Crippen molar-refractivity contribution in [1.82, 2.24) is 5.32 Å². The molecule has 0 radical (unpaired) electrons. The van der Waals surface area contributed by atoms with E-state index in [1.165, 1.54) is 6.20 Å². The topological polar surface area (TPSA) is 47.6 Å². The quantitative estimate of drug-likeness (QED) is 0.582. The second-order valence-electron chi connectivity index (χ2n) is 3.77. The highest BCUT2D eigenvalue weighted by molar-refractivity contribution is 5.82. The Bertz CT molecular complexity index is 349. The van der Waals surface area contributed by atoms with Gasteiger partial charge in [0, 0.05) is 12.3 Å². The van der Waals surface area contributed by atoms with Crippen LogP contribution in [-0.2, 0) is 14.3 Å². The SMILES string of the molecule is CCOC(=O)C1(F)C=C(OC2CC2)C=CN1. The number of allylic oxidation sites excluding steroid dienone is 1. The minimum atomic E-state index is -2.31. The summed E-state index contributed by atoms with van der Waals surface area (Å²) in [6, 6.07) is 0. The average molecular weight is 227 g/mol. The molecule has 1 aliphatic carbocycles. The highest BCUT2D eigenvalue weighted by Gasteiger charge is 2.40. The molecule has 0 saturated heterocycles. The van der Waals surface area contributed by atoms with Crippen molar-refractivity contribution in [3.63, 3.8) is 0 Å². The molecule has 1 N–H and O–H groups in total. The fourth-order valence-electron chi connectivity index (χ4n) is 1.34. The van der Waals surface area contributed by atoms with E-state index in [2.05, 4.69) is 10.1 Å². The molecule has 1 aliphatic heterocycles. The van der Waals surface area contributed by atoms with Gasteiger partial charge in [-0.1, -0.05) is 0 Å². The number of hydrogen-bond donors (Lipinski definition) is 1. The van der Waals surface area contributed by atoms with E-state index in [0.717, 1.165) is 18.9 Å². The van der Waals surface area contributed by atoms with Crippen LogP contribution in [-0.4, -0.2) is 24.5 Å². The van der Waals surface area contributed by atoms with Gasteiger partial charge in [-0.15, -0.1) is 0 Å². The molecule has 0 bridgehead atoms. The number of halogens is 1. The Labute approximate surface area is 93.1 Å². The van der Waals surface area contributed by atoms with Crippen molar-refractivity contribution in [1.29, 1.82) is 0 Å². The number of esters is 1. The first-order valence-electron chi connectivity index (χ1n) is 5.34. The Morgan fingerprint density at radius 2 is 2.44 bits per heavy atom. The van der Waals surface area contributed by atoms with Gasteiger partial charge in [-0.25, -0.2) is 9.18 Å². The molecule has 0 aromatic carbocycles. The van der Waals surface area contributed by atoms with Crippen LogP contribution < -0.4 is 5.32 Å². The summed E-state index contributed by atoms with van der Waals surface area (Å²) in [4.78, 5) is 11.4. The molecule has 16 heavy (non-hydrogen) atoms. The van der Waals surface area contributed by atoms with Gasteiger partial charge in [-0.2, -0.15) is 0 Å². The first-order valence-corrected chi connectivity index (χ1v) is 5.34. The third-order valence-electron chi connectivity index (χ3n) is 2.28. The van der Waals surface area contributed by atoms with Crippen LogP contribution >= 0.6 is 0 Å². The van der Waals surface area contributed by atoms with Gasteiger partial charge in [0.15, 0.2) is 0 Å². The molecule has 1 saturated carbocycles. The van der Waals surface area contributed by atoms with E-state index in [4.69, 9.17) is 4.74 Å². The molecule has 88 valence electrons. The number of carbonyl (C=O) groups is 1. The number of ether oxygens (including phenoxy) is 2. The van der Waals surface area contributed by atoms with E-state index in [0.29, 0.717) is 5.76 Å². The monoisotopic (exact) mass is 227 g/mol. The molecule has 1 heterocycles. The van der Waals surface area contributed by atoms with E-state index in [1.807, 2.05) is 0 Å². The number of alkyl halides is 1. The maximum atomic E-state index is 14.1. The van der Waals surface area contributed by atoms with Crippen molar-refractivity contribution < 1.29 is 18.7 Å². The number of hydrogen-bond acceptors (Lipinski definition) is 4. The lowest BCUT2D eigenvalue weighted by Crippen LogP contribution is -2.46. The van der Waals surface area contributed by atoms with Crippen LogP contribution in [0.25, 0.3) is 0 Å². The van der Waals surface area contributed by atoms with E-state index >= 15 is 0 Å². The number of carbonyl (C=O) groups excluding carboxylic acids is 1.